The molecule has 3 aromatic rings. The molecule has 1 heterocycles. The van der Waals surface area contributed by atoms with Crippen molar-refractivity contribution in [2.75, 3.05) is 32.6 Å². The van der Waals surface area contributed by atoms with Gasteiger partial charge in [0.2, 0.25) is 0 Å². The highest BCUT2D eigenvalue weighted by Gasteiger charge is 2.13. The number of hydrogen-bond donors (Lipinski definition) is 1. The van der Waals surface area contributed by atoms with Crippen LogP contribution in [0.5, 0.6) is 11.5 Å². The number of nitrogens with one attached hydrogen (secondary N) is 1. The Morgan fingerprint density at radius 2 is 1.87 bits per heavy atom. The van der Waals surface area contributed by atoms with Crippen LogP contribution in [0.2, 0.25) is 0 Å². The van der Waals surface area contributed by atoms with Crippen LogP contribution in [-0.2, 0) is 0 Å². The summed E-state index contributed by atoms with van der Waals surface area (Å²) in [5.74, 6) is 1.31. The first-order valence-corrected chi connectivity index (χ1v) is 10.7. The molecule has 1 aromatic heterocycles. The topological polar surface area (TPSA) is 63.7 Å². The summed E-state index contributed by atoms with van der Waals surface area (Å²) >= 11 is 1.38. The molecule has 0 aliphatic carbocycles. The number of ether oxygens (including phenoxy) is 2. The molecule has 30 heavy (non-hydrogen) atoms. The maximum Gasteiger partial charge on any atom is 0.257 e. The van der Waals surface area contributed by atoms with Crippen molar-refractivity contribution in [3.63, 3.8) is 0 Å². The van der Waals surface area contributed by atoms with Gasteiger partial charge in [0.25, 0.3) is 5.91 Å². The van der Waals surface area contributed by atoms with Gasteiger partial charge in [-0.1, -0.05) is 12.1 Å². The number of benzene rings is 2. The third-order valence-electron chi connectivity index (χ3n) is 4.17. The second kappa shape index (κ2) is 10.2. The van der Waals surface area contributed by atoms with Gasteiger partial charge in [-0.2, -0.15) is 0 Å². The molecule has 0 saturated carbocycles. The fourth-order valence-electron chi connectivity index (χ4n) is 2.72. The second-order valence-electron chi connectivity index (χ2n) is 7.33. The lowest BCUT2D eigenvalue weighted by molar-refractivity contribution is 0.102. The van der Waals surface area contributed by atoms with Gasteiger partial charge in [0.05, 0.1) is 11.8 Å². The van der Waals surface area contributed by atoms with Crippen LogP contribution in [0.4, 0.5) is 5.13 Å². The Hall–Kier alpha value is -2.90. The molecule has 1 amide bonds. The van der Waals surface area contributed by atoms with Gasteiger partial charge in [-0.15, -0.1) is 11.3 Å². The summed E-state index contributed by atoms with van der Waals surface area (Å²) in [6.45, 7) is 5.35. The normalized spacial score (nSPS) is 11.0. The molecule has 0 spiro atoms. The second-order valence-corrected chi connectivity index (χ2v) is 8.19. The smallest absolute Gasteiger partial charge is 0.257 e. The first-order chi connectivity index (χ1) is 14.4. The summed E-state index contributed by atoms with van der Waals surface area (Å²) in [4.78, 5) is 19.2. The Morgan fingerprint density at radius 1 is 1.13 bits per heavy atom. The molecule has 0 aliphatic heterocycles. The van der Waals surface area contributed by atoms with Crippen molar-refractivity contribution in [3.8, 4) is 22.8 Å². The minimum absolute atomic E-state index is 0.0909. The predicted molar refractivity (Wildman–Crippen MR) is 122 cm³/mol. The van der Waals surface area contributed by atoms with Crippen molar-refractivity contribution in [1.82, 2.24) is 9.88 Å². The van der Waals surface area contributed by atoms with E-state index in [4.69, 9.17) is 9.47 Å². The van der Waals surface area contributed by atoms with Crippen LogP contribution in [0.25, 0.3) is 11.3 Å². The van der Waals surface area contributed by atoms with Crippen molar-refractivity contribution >= 4 is 22.4 Å². The van der Waals surface area contributed by atoms with Crippen LogP contribution in [0.3, 0.4) is 0 Å². The van der Waals surface area contributed by atoms with Gasteiger partial charge in [0.15, 0.2) is 5.13 Å². The van der Waals surface area contributed by atoms with Crippen LogP contribution in [0, 0.1) is 0 Å². The molecular weight excluding hydrogens is 398 g/mol. The third-order valence-corrected chi connectivity index (χ3v) is 4.93. The standard InChI is InChI=1S/C23H27N3O3S/c1-16(2)29-18-11-9-17(10-12-18)22(27)25-23-24-20(15-30-23)19-7-5-6-8-21(19)28-14-13-26(3)4/h5-12,15-16H,13-14H2,1-4H3,(H,24,25,27). The average molecular weight is 426 g/mol. The first kappa shape index (κ1) is 21.8. The molecule has 0 bridgehead atoms. The van der Waals surface area contributed by atoms with Crippen molar-refractivity contribution in [2.24, 2.45) is 0 Å². The molecule has 158 valence electrons. The van der Waals surface area contributed by atoms with E-state index in [0.717, 1.165) is 29.3 Å². The number of hydrogen-bond acceptors (Lipinski definition) is 6. The van der Waals surface area contributed by atoms with Crippen molar-refractivity contribution < 1.29 is 14.3 Å². The molecule has 3 rings (SSSR count). The quantitative estimate of drug-likeness (QED) is 0.534. The van der Waals surface area contributed by atoms with E-state index < -0.39 is 0 Å². The van der Waals surface area contributed by atoms with Gasteiger partial charge in [0.1, 0.15) is 18.1 Å². The number of aromatic nitrogens is 1. The molecule has 2 aromatic carbocycles. The number of thiazole rings is 1. The Kier molecular flexibility index (Phi) is 7.43. The highest BCUT2D eigenvalue weighted by atomic mass is 32.1. The predicted octanol–water partition coefficient (Wildman–Crippen LogP) is 4.79. The summed E-state index contributed by atoms with van der Waals surface area (Å²) in [7, 11) is 4.02. The minimum Gasteiger partial charge on any atom is -0.492 e. The number of para-hydroxylation sites is 1. The van der Waals surface area contributed by atoms with Gasteiger partial charge in [-0.3, -0.25) is 10.1 Å². The lowest BCUT2D eigenvalue weighted by Crippen LogP contribution is -2.19. The van der Waals surface area contributed by atoms with E-state index in [1.807, 2.05) is 57.6 Å². The van der Waals surface area contributed by atoms with Crippen molar-refractivity contribution in [3.05, 3.63) is 59.5 Å². The molecule has 0 radical (unpaired) electrons. The molecule has 7 heteroatoms. The maximum atomic E-state index is 12.6. The van der Waals surface area contributed by atoms with E-state index in [1.165, 1.54) is 11.3 Å². The minimum atomic E-state index is -0.206. The van der Waals surface area contributed by atoms with Crippen molar-refractivity contribution in [2.45, 2.75) is 20.0 Å². The molecule has 6 nitrogen and oxygen atoms in total. The summed E-state index contributed by atoms with van der Waals surface area (Å²) in [6.07, 6.45) is 0.0909. The molecule has 0 fully saturated rings. The molecule has 0 saturated heterocycles. The van der Waals surface area contributed by atoms with Crippen LogP contribution in [-0.4, -0.2) is 49.1 Å². The van der Waals surface area contributed by atoms with Crippen LogP contribution < -0.4 is 14.8 Å². The van der Waals surface area contributed by atoms with E-state index >= 15 is 0 Å². The van der Waals surface area contributed by atoms with Gasteiger partial charge < -0.3 is 14.4 Å². The van der Waals surface area contributed by atoms with Gasteiger partial charge in [-0.05, 0) is 64.3 Å². The highest BCUT2D eigenvalue weighted by molar-refractivity contribution is 7.14. The highest BCUT2D eigenvalue weighted by Crippen LogP contribution is 2.32. The van der Waals surface area contributed by atoms with Gasteiger partial charge in [0, 0.05) is 23.1 Å². The van der Waals surface area contributed by atoms with E-state index in [1.54, 1.807) is 24.3 Å². The van der Waals surface area contributed by atoms with Crippen molar-refractivity contribution in [1.29, 1.82) is 0 Å². The Morgan fingerprint density at radius 3 is 2.57 bits per heavy atom. The monoisotopic (exact) mass is 425 g/mol. The third kappa shape index (κ3) is 6.05. The Bertz CT molecular complexity index is 968. The average Bonchev–Trinajstić information content (AvgIpc) is 3.16. The SMILES string of the molecule is CC(C)Oc1ccc(C(=O)Nc2nc(-c3ccccc3OCCN(C)C)cs2)cc1. The zero-order chi connectivity index (χ0) is 21.5. The van der Waals surface area contributed by atoms with Crippen LogP contribution >= 0.6 is 11.3 Å². The van der Waals surface area contributed by atoms with Crippen LogP contribution in [0.15, 0.2) is 53.9 Å². The van der Waals surface area contributed by atoms with E-state index in [0.29, 0.717) is 17.3 Å². The zero-order valence-electron chi connectivity index (χ0n) is 17.7. The first-order valence-electron chi connectivity index (χ1n) is 9.83. The van der Waals surface area contributed by atoms with E-state index in [2.05, 4.69) is 15.2 Å². The molecule has 0 atom stereocenters. The lowest BCUT2D eigenvalue weighted by Gasteiger charge is -2.13. The fourth-order valence-corrected chi connectivity index (χ4v) is 3.43. The summed E-state index contributed by atoms with van der Waals surface area (Å²) in [5, 5.41) is 5.33. The lowest BCUT2D eigenvalue weighted by atomic mass is 10.1. The number of likely N-dealkylation sites (N-methyl/N-ethyl adjacent to an activating group) is 1. The molecular formula is C23H27N3O3S. The molecule has 1 N–H and O–H groups in total. The number of carbonyl (C=O) groups excluding carboxylic acids is 1. The zero-order valence-corrected chi connectivity index (χ0v) is 18.5. The van der Waals surface area contributed by atoms with E-state index in [9.17, 15) is 4.79 Å². The number of anilines is 1. The number of carbonyl (C=O) groups is 1. The summed E-state index contributed by atoms with van der Waals surface area (Å²) in [5.41, 5.74) is 2.23. The summed E-state index contributed by atoms with van der Waals surface area (Å²) in [6, 6.07) is 14.9. The maximum absolute atomic E-state index is 12.6. The fraction of sp³-hybridized carbons (Fsp3) is 0.304. The van der Waals surface area contributed by atoms with Crippen LogP contribution in [0.1, 0.15) is 24.2 Å². The Balaban J connectivity index is 1.67. The number of nitrogens with zero attached hydrogens (tertiary/aromatic N) is 2. The molecule has 0 unspecified atom stereocenters. The largest absolute Gasteiger partial charge is 0.492 e. The molecule has 0 aliphatic rings. The van der Waals surface area contributed by atoms with Gasteiger partial charge >= 0.3 is 0 Å². The summed E-state index contributed by atoms with van der Waals surface area (Å²) < 4.78 is 11.5. The number of rotatable bonds is 9. The Labute approximate surface area is 181 Å². The number of amides is 1. The van der Waals surface area contributed by atoms with Gasteiger partial charge in [-0.25, -0.2) is 4.98 Å². The van der Waals surface area contributed by atoms with E-state index in [-0.39, 0.29) is 12.0 Å².